The van der Waals surface area contributed by atoms with Crippen LogP contribution in [0.15, 0.2) is 54.7 Å². The zero-order chi connectivity index (χ0) is 31.6. The van der Waals surface area contributed by atoms with Crippen LogP contribution in [0.25, 0.3) is 0 Å². The first-order valence-corrected chi connectivity index (χ1v) is 15.1. The van der Waals surface area contributed by atoms with Crippen molar-refractivity contribution in [3.8, 4) is 0 Å². The molecule has 1 aromatic heterocycles. The molecule has 1 unspecified atom stereocenters. The number of amides is 1. The SMILES string of the molecule is CCC(C)Cc1ccc(N)nc1.CCCc1ccc(C(=O)Nc2ccc(CN3CCN(C)CC3)c(C(F)(F)F)c2)cc1C. The molecule has 234 valence electrons. The predicted molar refractivity (Wildman–Crippen MR) is 169 cm³/mol. The summed E-state index contributed by atoms with van der Waals surface area (Å²) in [6.07, 6.45) is 1.63. The van der Waals surface area contributed by atoms with Gasteiger partial charge in [0, 0.05) is 50.2 Å². The van der Waals surface area contributed by atoms with Crippen molar-refractivity contribution in [3.63, 3.8) is 0 Å². The summed E-state index contributed by atoms with van der Waals surface area (Å²) >= 11 is 0. The number of piperazine rings is 1. The maximum atomic E-state index is 13.7. The summed E-state index contributed by atoms with van der Waals surface area (Å²) in [6.45, 7) is 11.9. The van der Waals surface area contributed by atoms with Crippen molar-refractivity contribution in [2.45, 2.75) is 66.1 Å². The van der Waals surface area contributed by atoms with Crippen molar-refractivity contribution < 1.29 is 18.0 Å². The van der Waals surface area contributed by atoms with Gasteiger partial charge in [0.05, 0.1) is 5.56 Å². The predicted octanol–water partition coefficient (Wildman–Crippen LogP) is 7.22. The molecule has 3 N–H and O–H groups in total. The third-order valence-electron chi connectivity index (χ3n) is 7.92. The smallest absolute Gasteiger partial charge is 0.384 e. The summed E-state index contributed by atoms with van der Waals surface area (Å²) in [6, 6.07) is 13.4. The fourth-order valence-corrected chi connectivity index (χ4v) is 5.00. The van der Waals surface area contributed by atoms with Gasteiger partial charge in [-0.1, -0.05) is 51.8 Å². The largest absolute Gasteiger partial charge is 0.416 e. The van der Waals surface area contributed by atoms with Gasteiger partial charge in [0.15, 0.2) is 0 Å². The van der Waals surface area contributed by atoms with E-state index >= 15 is 0 Å². The number of nitrogens with zero attached hydrogens (tertiary/aromatic N) is 3. The minimum atomic E-state index is -4.49. The molecule has 6 nitrogen and oxygen atoms in total. The number of aryl methyl sites for hydroxylation is 2. The van der Waals surface area contributed by atoms with Gasteiger partial charge in [-0.15, -0.1) is 0 Å². The molecule has 1 atom stereocenters. The van der Waals surface area contributed by atoms with Crippen LogP contribution in [0.3, 0.4) is 0 Å². The van der Waals surface area contributed by atoms with Gasteiger partial charge in [-0.3, -0.25) is 9.69 Å². The summed E-state index contributed by atoms with van der Waals surface area (Å²) < 4.78 is 41.2. The molecule has 1 aliphatic rings. The van der Waals surface area contributed by atoms with Crippen LogP contribution < -0.4 is 11.1 Å². The van der Waals surface area contributed by atoms with Gasteiger partial charge in [-0.2, -0.15) is 13.2 Å². The number of rotatable bonds is 9. The van der Waals surface area contributed by atoms with Crippen LogP contribution >= 0.6 is 0 Å². The van der Waals surface area contributed by atoms with E-state index in [-0.39, 0.29) is 17.8 Å². The Labute approximate surface area is 254 Å². The summed E-state index contributed by atoms with van der Waals surface area (Å²) in [4.78, 5) is 20.9. The van der Waals surface area contributed by atoms with Gasteiger partial charge in [0.1, 0.15) is 5.82 Å². The van der Waals surface area contributed by atoms with Crippen molar-refractivity contribution in [1.29, 1.82) is 0 Å². The number of halogens is 3. The molecule has 3 aromatic rings. The molecular weight excluding hydrogens is 551 g/mol. The van der Waals surface area contributed by atoms with Crippen molar-refractivity contribution in [2.75, 3.05) is 44.3 Å². The number of carbonyl (C=O) groups is 1. The van der Waals surface area contributed by atoms with Crippen LogP contribution in [-0.2, 0) is 25.6 Å². The fraction of sp³-hybridized carbons (Fsp3) is 0.471. The third kappa shape index (κ3) is 10.7. The van der Waals surface area contributed by atoms with Crippen molar-refractivity contribution in [3.05, 3.63) is 88.1 Å². The lowest BCUT2D eigenvalue weighted by Gasteiger charge is -2.33. The minimum Gasteiger partial charge on any atom is -0.384 e. The van der Waals surface area contributed by atoms with Crippen molar-refractivity contribution in [2.24, 2.45) is 5.92 Å². The Morgan fingerprint density at radius 1 is 1.02 bits per heavy atom. The molecule has 0 saturated carbocycles. The number of alkyl halides is 3. The molecule has 0 bridgehead atoms. The van der Waals surface area contributed by atoms with Gasteiger partial charge in [-0.05, 0) is 85.3 Å². The van der Waals surface area contributed by atoms with E-state index in [0.29, 0.717) is 11.4 Å². The number of likely N-dealkylation sites (N-methyl/N-ethyl adjacent to an activating group) is 1. The minimum absolute atomic E-state index is 0.148. The fourth-order valence-electron chi connectivity index (χ4n) is 5.00. The highest BCUT2D eigenvalue weighted by atomic mass is 19.4. The number of pyridine rings is 1. The second-order valence-electron chi connectivity index (χ2n) is 11.6. The number of aromatic nitrogens is 1. The van der Waals surface area contributed by atoms with Gasteiger partial charge in [0.25, 0.3) is 5.91 Å². The number of nitrogens with one attached hydrogen (secondary N) is 1. The topological polar surface area (TPSA) is 74.5 Å². The van der Waals surface area contributed by atoms with Crippen LogP contribution in [0.1, 0.15) is 71.8 Å². The molecule has 2 heterocycles. The number of hydrogen-bond donors (Lipinski definition) is 2. The monoisotopic (exact) mass is 597 g/mol. The Morgan fingerprint density at radius 3 is 2.30 bits per heavy atom. The van der Waals surface area contributed by atoms with Crippen molar-refractivity contribution in [1.82, 2.24) is 14.8 Å². The number of hydrogen-bond acceptors (Lipinski definition) is 5. The van der Waals surface area contributed by atoms with Crippen molar-refractivity contribution >= 4 is 17.4 Å². The molecule has 4 rings (SSSR count). The first kappa shape index (κ1) is 34.1. The van der Waals surface area contributed by atoms with E-state index in [0.717, 1.165) is 63.0 Å². The zero-order valence-electron chi connectivity index (χ0n) is 26.1. The van der Waals surface area contributed by atoms with E-state index in [1.54, 1.807) is 18.2 Å². The first-order valence-electron chi connectivity index (χ1n) is 15.1. The maximum Gasteiger partial charge on any atom is 0.416 e. The van der Waals surface area contributed by atoms with E-state index in [1.165, 1.54) is 23.6 Å². The molecule has 1 amide bonds. The highest BCUT2D eigenvalue weighted by molar-refractivity contribution is 6.04. The lowest BCUT2D eigenvalue weighted by Crippen LogP contribution is -2.44. The van der Waals surface area contributed by atoms with Crippen LogP contribution in [0.5, 0.6) is 0 Å². The highest BCUT2D eigenvalue weighted by Gasteiger charge is 2.34. The number of nitrogens with two attached hydrogens (primary N) is 1. The Hall–Kier alpha value is -3.43. The number of benzene rings is 2. The lowest BCUT2D eigenvalue weighted by molar-refractivity contribution is -0.138. The van der Waals surface area contributed by atoms with Gasteiger partial charge in [-0.25, -0.2) is 4.98 Å². The number of nitrogen functional groups attached to an aromatic ring is 1. The molecule has 0 aliphatic carbocycles. The summed E-state index contributed by atoms with van der Waals surface area (Å²) in [7, 11) is 2.01. The van der Waals surface area contributed by atoms with E-state index in [2.05, 4.69) is 42.0 Å². The molecule has 1 fully saturated rings. The summed E-state index contributed by atoms with van der Waals surface area (Å²) in [5.74, 6) is 0.921. The lowest BCUT2D eigenvalue weighted by atomic mass is 10.0. The molecule has 0 spiro atoms. The van der Waals surface area contributed by atoms with E-state index in [1.807, 2.05) is 37.2 Å². The Bertz CT molecular complexity index is 1320. The van der Waals surface area contributed by atoms with Crippen LogP contribution in [0.2, 0.25) is 0 Å². The standard InChI is InChI=1S/C24H30F3N3O.C10H16N2/c1-4-5-18-6-7-19(14-17(18)2)23(31)28-21-9-8-20(22(15-21)24(25,26)27)16-30-12-10-29(3)11-13-30;1-3-8(2)6-9-4-5-10(11)12-7-9/h6-9,14-15H,4-5,10-13,16H2,1-3H3,(H,28,31);4-5,7-8H,3,6H2,1-2H3,(H2,11,12). The average Bonchev–Trinajstić information content (AvgIpc) is 2.97. The van der Waals surface area contributed by atoms with E-state index in [9.17, 15) is 18.0 Å². The molecule has 9 heteroatoms. The zero-order valence-corrected chi connectivity index (χ0v) is 26.1. The Balaban J connectivity index is 0.000000353. The molecule has 2 aromatic carbocycles. The Morgan fingerprint density at radius 2 is 1.72 bits per heavy atom. The highest BCUT2D eigenvalue weighted by Crippen LogP contribution is 2.34. The van der Waals surface area contributed by atoms with Gasteiger partial charge >= 0.3 is 6.18 Å². The van der Waals surface area contributed by atoms with Crippen LogP contribution in [0.4, 0.5) is 24.7 Å². The summed E-state index contributed by atoms with van der Waals surface area (Å²) in [5, 5.41) is 2.63. The van der Waals surface area contributed by atoms with Crippen LogP contribution in [-0.4, -0.2) is 53.9 Å². The summed E-state index contributed by atoms with van der Waals surface area (Å²) in [5.41, 5.74) is 9.06. The normalized spacial score (nSPS) is 15.0. The molecule has 1 aliphatic heterocycles. The van der Waals surface area contributed by atoms with Gasteiger partial charge in [0.2, 0.25) is 0 Å². The third-order valence-corrected chi connectivity index (χ3v) is 7.92. The number of anilines is 2. The molecular formula is C34H46F3N5O. The maximum absolute atomic E-state index is 13.7. The van der Waals surface area contributed by atoms with Crippen LogP contribution in [0, 0.1) is 12.8 Å². The second kappa shape index (κ2) is 15.9. The van der Waals surface area contributed by atoms with Gasteiger partial charge < -0.3 is 16.0 Å². The Kier molecular flexibility index (Phi) is 12.6. The van der Waals surface area contributed by atoms with E-state index < -0.39 is 17.6 Å². The molecule has 0 radical (unpaired) electrons. The quantitative estimate of drug-likeness (QED) is 0.273. The second-order valence-corrected chi connectivity index (χ2v) is 11.6. The van der Waals surface area contributed by atoms with E-state index in [4.69, 9.17) is 5.73 Å². The molecule has 1 saturated heterocycles. The average molecular weight is 598 g/mol. The first-order chi connectivity index (χ1) is 20.4. The number of carbonyl (C=O) groups excluding carboxylic acids is 1. The molecule has 43 heavy (non-hydrogen) atoms.